The molecule has 2 aromatic rings. The van der Waals surface area contributed by atoms with Crippen molar-refractivity contribution in [1.82, 2.24) is 9.88 Å². The molecule has 0 spiro atoms. The van der Waals surface area contributed by atoms with Crippen LogP contribution >= 0.6 is 11.6 Å². The minimum absolute atomic E-state index is 0.0445. The zero-order valence-electron chi connectivity index (χ0n) is 12.2. The summed E-state index contributed by atoms with van der Waals surface area (Å²) in [7, 11) is 0. The number of hydrogen-bond acceptors (Lipinski definition) is 3. The normalized spacial score (nSPS) is 17.8. The Kier molecular flexibility index (Phi) is 4.73. The van der Waals surface area contributed by atoms with Gasteiger partial charge in [0.15, 0.2) is 0 Å². The van der Waals surface area contributed by atoms with Crippen molar-refractivity contribution in [1.29, 1.82) is 0 Å². The van der Waals surface area contributed by atoms with E-state index in [1.54, 1.807) is 35.5 Å². The maximum atomic E-state index is 13.3. The zero-order valence-corrected chi connectivity index (χ0v) is 13.0. The number of urea groups is 1. The van der Waals surface area contributed by atoms with E-state index in [-0.39, 0.29) is 17.2 Å². The van der Waals surface area contributed by atoms with Crippen molar-refractivity contribution in [3.63, 3.8) is 0 Å². The standard InChI is InChI=1S/C16H15ClFN3O2/c17-13-8-11(3-4-14(13)18)15-10-21(6-7-23-15)16(22)20-12-2-1-5-19-9-12/h1-5,8-9,15H,6-7,10H2,(H,20,22). The van der Waals surface area contributed by atoms with Crippen LogP contribution in [0.15, 0.2) is 42.7 Å². The molecule has 1 N–H and O–H groups in total. The van der Waals surface area contributed by atoms with Crippen molar-refractivity contribution in [3.8, 4) is 0 Å². The Balaban J connectivity index is 1.68. The second-order valence-corrected chi connectivity index (χ2v) is 5.56. The monoisotopic (exact) mass is 335 g/mol. The maximum Gasteiger partial charge on any atom is 0.322 e. The second-order valence-electron chi connectivity index (χ2n) is 5.15. The molecular weight excluding hydrogens is 321 g/mol. The van der Waals surface area contributed by atoms with Crippen LogP contribution in [0.2, 0.25) is 5.02 Å². The summed E-state index contributed by atoms with van der Waals surface area (Å²) in [5, 5.41) is 2.83. The summed E-state index contributed by atoms with van der Waals surface area (Å²) in [5.41, 5.74) is 1.38. The number of hydrogen-bond donors (Lipinski definition) is 1. The van der Waals surface area contributed by atoms with Gasteiger partial charge in [0.05, 0.1) is 30.1 Å². The van der Waals surface area contributed by atoms with Gasteiger partial charge in [-0.1, -0.05) is 17.7 Å². The number of benzene rings is 1. The van der Waals surface area contributed by atoms with Crippen LogP contribution in [-0.4, -0.2) is 35.6 Å². The van der Waals surface area contributed by atoms with Crippen LogP contribution in [0.25, 0.3) is 0 Å². The number of carbonyl (C=O) groups excluding carboxylic acids is 1. The van der Waals surface area contributed by atoms with E-state index in [2.05, 4.69) is 10.3 Å². The number of halogens is 2. The fourth-order valence-electron chi connectivity index (χ4n) is 2.39. The predicted octanol–water partition coefficient (Wildman–Crippen LogP) is 3.48. The van der Waals surface area contributed by atoms with Crippen LogP contribution < -0.4 is 5.32 Å². The van der Waals surface area contributed by atoms with E-state index in [0.29, 0.717) is 25.4 Å². The second kappa shape index (κ2) is 6.93. The van der Waals surface area contributed by atoms with Gasteiger partial charge < -0.3 is 15.0 Å². The van der Waals surface area contributed by atoms with Gasteiger partial charge in [-0.2, -0.15) is 0 Å². The van der Waals surface area contributed by atoms with E-state index in [1.807, 2.05) is 0 Å². The molecule has 23 heavy (non-hydrogen) atoms. The Morgan fingerprint density at radius 3 is 3.04 bits per heavy atom. The van der Waals surface area contributed by atoms with Gasteiger partial charge in [0.1, 0.15) is 11.9 Å². The van der Waals surface area contributed by atoms with Crippen molar-refractivity contribution < 1.29 is 13.9 Å². The molecule has 1 fully saturated rings. The third-order valence-electron chi connectivity index (χ3n) is 3.58. The third-order valence-corrected chi connectivity index (χ3v) is 3.87. The first-order chi connectivity index (χ1) is 11.1. The van der Waals surface area contributed by atoms with E-state index >= 15 is 0 Å². The van der Waals surface area contributed by atoms with Gasteiger partial charge in [0.25, 0.3) is 0 Å². The van der Waals surface area contributed by atoms with Crippen LogP contribution in [0.1, 0.15) is 11.7 Å². The average Bonchev–Trinajstić information content (AvgIpc) is 2.58. The highest BCUT2D eigenvalue weighted by Gasteiger charge is 2.26. The summed E-state index contributed by atoms with van der Waals surface area (Å²) < 4.78 is 18.9. The molecule has 2 heterocycles. The van der Waals surface area contributed by atoms with E-state index < -0.39 is 5.82 Å². The summed E-state index contributed by atoms with van der Waals surface area (Å²) >= 11 is 5.81. The van der Waals surface area contributed by atoms with Crippen LogP contribution in [0.5, 0.6) is 0 Å². The molecule has 1 aromatic carbocycles. The molecule has 0 radical (unpaired) electrons. The summed E-state index contributed by atoms with van der Waals surface area (Å²) in [6.45, 7) is 1.26. The molecule has 0 aliphatic carbocycles. The first kappa shape index (κ1) is 15.7. The van der Waals surface area contributed by atoms with E-state index in [4.69, 9.17) is 16.3 Å². The molecule has 5 nitrogen and oxygen atoms in total. The number of anilines is 1. The Bertz CT molecular complexity index is 699. The summed E-state index contributed by atoms with van der Waals surface area (Å²) in [5.74, 6) is -0.475. The van der Waals surface area contributed by atoms with Crippen LogP contribution in [0, 0.1) is 5.82 Å². The van der Waals surface area contributed by atoms with Crippen molar-refractivity contribution in [2.45, 2.75) is 6.10 Å². The minimum atomic E-state index is -0.475. The fourth-order valence-corrected chi connectivity index (χ4v) is 2.58. The Morgan fingerprint density at radius 1 is 1.43 bits per heavy atom. The molecule has 1 aliphatic heterocycles. The van der Waals surface area contributed by atoms with E-state index in [0.717, 1.165) is 5.56 Å². The van der Waals surface area contributed by atoms with E-state index in [9.17, 15) is 9.18 Å². The molecule has 3 rings (SSSR count). The molecule has 1 unspecified atom stereocenters. The van der Waals surface area contributed by atoms with Crippen LogP contribution in [0.3, 0.4) is 0 Å². The zero-order chi connectivity index (χ0) is 16.2. The smallest absolute Gasteiger partial charge is 0.322 e. The number of amides is 2. The van der Waals surface area contributed by atoms with Crippen molar-refractivity contribution >= 4 is 23.3 Å². The van der Waals surface area contributed by atoms with Crippen molar-refractivity contribution in [2.24, 2.45) is 0 Å². The number of nitrogens with zero attached hydrogens (tertiary/aromatic N) is 2. The van der Waals surface area contributed by atoms with Gasteiger partial charge in [-0.25, -0.2) is 9.18 Å². The molecular formula is C16H15ClFN3O2. The number of aromatic nitrogens is 1. The molecule has 2 amide bonds. The quantitative estimate of drug-likeness (QED) is 0.914. The molecule has 1 aromatic heterocycles. The number of ether oxygens (including phenoxy) is 1. The molecule has 0 saturated carbocycles. The van der Waals surface area contributed by atoms with Crippen molar-refractivity contribution in [3.05, 3.63) is 59.1 Å². The lowest BCUT2D eigenvalue weighted by Crippen LogP contribution is -2.44. The highest BCUT2D eigenvalue weighted by molar-refractivity contribution is 6.30. The van der Waals surface area contributed by atoms with Gasteiger partial charge in [0.2, 0.25) is 0 Å². The summed E-state index contributed by atoms with van der Waals surface area (Å²) in [4.78, 5) is 17.9. The van der Waals surface area contributed by atoms with Gasteiger partial charge in [0, 0.05) is 12.7 Å². The number of carbonyl (C=O) groups is 1. The Morgan fingerprint density at radius 2 is 2.30 bits per heavy atom. The molecule has 120 valence electrons. The van der Waals surface area contributed by atoms with E-state index in [1.165, 1.54) is 12.1 Å². The summed E-state index contributed by atoms with van der Waals surface area (Å²) in [6.07, 6.45) is 2.88. The molecule has 7 heteroatoms. The Hall–Kier alpha value is -2.18. The number of rotatable bonds is 2. The minimum Gasteiger partial charge on any atom is -0.370 e. The molecule has 1 aliphatic rings. The number of pyridine rings is 1. The first-order valence-electron chi connectivity index (χ1n) is 7.16. The van der Waals surface area contributed by atoms with Gasteiger partial charge in [-0.15, -0.1) is 0 Å². The van der Waals surface area contributed by atoms with Gasteiger partial charge in [-0.3, -0.25) is 4.98 Å². The first-order valence-corrected chi connectivity index (χ1v) is 7.54. The summed E-state index contributed by atoms with van der Waals surface area (Å²) in [6, 6.07) is 7.74. The highest BCUT2D eigenvalue weighted by Crippen LogP contribution is 2.26. The van der Waals surface area contributed by atoms with Gasteiger partial charge in [-0.05, 0) is 29.8 Å². The lowest BCUT2D eigenvalue weighted by Gasteiger charge is -2.33. The maximum absolute atomic E-state index is 13.3. The molecule has 0 bridgehead atoms. The van der Waals surface area contributed by atoms with Crippen LogP contribution in [-0.2, 0) is 4.74 Å². The van der Waals surface area contributed by atoms with Crippen molar-refractivity contribution in [2.75, 3.05) is 25.0 Å². The average molecular weight is 336 g/mol. The Labute approximate surface area is 138 Å². The topological polar surface area (TPSA) is 54.5 Å². The molecule has 1 saturated heterocycles. The lowest BCUT2D eigenvalue weighted by molar-refractivity contribution is -0.0135. The lowest BCUT2D eigenvalue weighted by atomic mass is 10.1. The third kappa shape index (κ3) is 3.78. The number of nitrogens with one attached hydrogen (secondary N) is 1. The highest BCUT2D eigenvalue weighted by atomic mass is 35.5. The number of morpholine rings is 1. The SMILES string of the molecule is O=C(Nc1cccnc1)N1CCOC(c2ccc(F)c(Cl)c2)C1. The van der Waals surface area contributed by atoms with Gasteiger partial charge >= 0.3 is 6.03 Å². The predicted molar refractivity (Wildman–Crippen MR) is 84.9 cm³/mol. The fraction of sp³-hybridized carbons (Fsp3) is 0.250. The molecule has 1 atom stereocenters. The largest absolute Gasteiger partial charge is 0.370 e. The van der Waals surface area contributed by atoms with Crippen LogP contribution in [0.4, 0.5) is 14.9 Å².